The standard InChI is InChI=1S/C13H20N2O4S/c1-13(16,9-20-3)8-14-7-10-4-11(15(17)18)6-12(5-10)19-2/h4-6,14,16H,7-9H2,1-3H3. The first-order valence-electron chi connectivity index (χ1n) is 6.12. The number of methoxy groups -OCH3 is 1. The lowest BCUT2D eigenvalue weighted by molar-refractivity contribution is -0.385. The minimum absolute atomic E-state index is 0.00276. The zero-order valence-electron chi connectivity index (χ0n) is 11.9. The second-order valence-electron chi connectivity index (χ2n) is 4.83. The van der Waals surface area contributed by atoms with Crippen LogP contribution in [0.4, 0.5) is 5.69 Å². The summed E-state index contributed by atoms with van der Waals surface area (Å²) in [5.41, 5.74) is -0.0578. The van der Waals surface area contributed by atoms with Gasteiger partial charge in [0.2, 0.25) is 0 Å². The molecule has 0 saturated heterocycles. The number of hydrogen-bond acceptors (Lipinski definition) is 6. The maximum Gasteiger partial charge on any atom is 0.273 e. The topological polar surface area (TPSA) is 84.6 Å². The lowest BCUT2D eigenvalue weighted by Crippen LogP contribution is -2.39. The van der Waals surface area contributed by atoms with Crippen molar-refractivity contribution in [2.75, 3.05) is 25.7 Å². The Balaban J connectivity index is 2.68. The Morgan fingerprint density at radius 3 is 2.75 bits per heavy atom. The highest BCUT2D eigenvalue weighted by Gasteiger charge is 2.19. The molecule has 0 spiro atoms. The van der Waals surface area contributed by atoms with Crippen LogP contribution in [0.25, 0.3) is 0 Å². The van der Waals surface area contributed by atoms with Gasteiger partial charge in [0.15, 0.2) is 0 Å². The van der Waals surface area contributed by atoms with E-state index in [4.69, 9.17) is 4.74 Å². The molecule has 0 heterocycles. The first-order valence-corrected chi connectivity index (χ1v) is 7.52. The molecule has 112 valence electrons. The van der Waals surface area contributed by atoms with Gasteiger partial charge >= 0.3 is 0 Å². The lowest BCUT2D eigenvalue weighted by atomic mass is 10.1. The molecule has 0 radical (unpaired) electrons. The van der Waals surface area contributed by atoms with Gasteiger partial charge < -0.3 is 15.2 Å². The molecule has 0 aromatic heterocycles. The predicted molar refractivity (Wildman–Crippen MR) is 80.4 cm³/mol. The normalized spacial score (nSPS) is 13.8. The number of benzene rings is 1. The molecule has 0 bridgehead atoms. The van der Waals surface area contributed by atoms with Crippen molar-refractivity contribution in [2.45, 2.75) is 19.1 Å². The van der Waals surface area contributed by atoms with Crippen molar-refractivity contribution in [1.82, 2.24) is 5.32 Å². The van der Waals surface area contributed by atoms with E-state index < -0.39 is 10.5 Å². The van der Waals surface area contributed by atoms with E-state index in [0.717, 1.165) is 5.56 Å². The summed E-state index contributed by atoms with van der Waals surface area (Å²) in [6.07, 6.45) is 1.93. The van der Waals surface area contributed by atoms with Gasteiger partial charge in [-0.05, 0) is 24.8 Å². The van der Waals surface area contributed by atoms with Gasteiger partial charge in [-0.1, -0.05) is 0 Å². The zero-order chi connectivity index (χ0) is 15.2. The quantitative estimate of drug-likeness (QED) is 0.562. The molecule has 1 rings (SSSR count). The Labute approximate surface area is 122 Å². The molecule has 0 amide bonds. The van der Waals surface area contributed by atoms with Crippen LogP contribution in [0.15, 0.2) is 18.2 Å². The minimum atomic E-state index is -0.801. The molecule has 2 N–H and O–H groups in total. The molecule has 1 atom stereocenters. The number of nitro benzene ring substituents is 1. The van der Waals surface area contributed by atoms with E-state index in [1.54, 1.807) is 24.8 Å². The van der Waals surface area contributed by atoms with E-state index >= 15 is 0 Å². The first-order chi connectivity index (χ1) is 9.38. The summed E-state index contributed by atoms with van der Waals surface area (Å²) in [6, 6.07) is 4.62. The maximum absolute atomic E-state index is 10.8. The second kappa shape index (κ2) is 7.47. The molecule has 7 heteroatoms. The zero-order valence-corrected chi connectivity index (χ0v) is 12.7. The van der Waals surface area contributed by atoms with E-state index in [9.17, 15) is 15.2 Å². The first kappa shape index (κ1) is 16.7. The number of aliphatic hydroxyl groups is 1. The molecule has 1 aromatic carbocycles. The van der Waals surface area contributed by atoms with Gasteiger partial charge in [-0.15, -0.1) is 0 Å². The third-order valence-corrected chi connectivity index (χ3v) is 3.60. The average molecular weight is 300 g/mol. The largest absolute Gasteiger partial charge is 0.496 e. The molecule has 1 unspecified atom stereocenters. The Bertz CT molecular complexity index is 466. The predicted octanol–water partition coefficient (Wildman–Crippen LogP) is 1.81. The van der Waals surface area contributed by atoms with Crippen LogP contribution in [0, 0.1) is 10.1 Å². The van der Waals surface area contributed by atoms with Crippen molar-refractivity contribution < 1.29 is 14.8 Å². The highest BCUT2D eigenvalue weighted by atomic mass is 32.2. The van der Waals surface area contributed by atoms with Gasteiger partial charge in [-0.2, -0.15) is 11.8 Å². The molecule has 0 aliphatic carbocycles. The van der Waals surface area contributed by atoms with Crippen molar-refractivity contribution >= 4 is 17.4 Å². The smallest absolute Gasteiger partial charge is 0.273 e. The fraction of sp³-hybridized carbons (Fsp3) is 0.538. The summed E-state index contributed by atoms with van der Waals surface area (Å²) in [5.74, 6) is 1.07. The van der Waals surface area contributed by atoms with Crippen molar-refractivity contribution in [3.8, 4) is 5.75 Å². The van der Waals surface area contributed by atoms with E-state index in [-0.39, 0.29) is 5.69 Å². The number of hydrogen-bond donors (Lipinski definition) is 2. The number of nitrogens with one attached hydrogen (secondary N) is 1. The number of ether oxygens (including phenoxy) is 1. The Kier molecular flexibility index (Phi) is 6.25. The molecule has 6 nitrogen and oxygen atoms in total. The molecule has 0 saturated carbocycles. The summed E-state index contributed by atoms with van der Waals surface area (Å²) in [7, 11) is 1.47. The third-order valence-electron chi connectivity index (χ3n) is 2.69. The van der Waals surface area contributed by atoms with E-state index in [1.165, 1.54) is 19.2 Å². The Hall–Kier alpha value is -1.31. The second-order valence-corrected chi connectivity index (χ2v) is 5.70. The average Bonchev–Trinajstić information content (AvgIpc) is 2.37. The van der Waals surface area contributed by atoms with Gasteiger partial charge in [-0.3, -0.25) is 10.1 Å². The fourth-order valence-electron chi connectivity index (χ4n) is 1.81. The van der Waals surface area contributed by atoms with Gasteiger partial charge in [0.1, 0.15) is 5.75 Å². The van der Waals surface area contributed by atoms with Crippen LogP contribution in [0.1, 0.15) is 12.5 Å². The van der Waals surface area contributed by atoms with Crippen molar-refractivity contribution in [3.63, 3.8) is 0 Å². The molecular formula is C13H20N2O4S. The van der Waals surface area contributed by atoms with Crippen LogP contribution in [0.3, 0.4) is 0 Å². The lowest BCUT2D eigenvalue weighted by Gasteiger charge is -2.22. The molecular weight excluding hydrogens is 280 g/mol. The summed E-state index contributed by atoms with van der Waals surface area (Å²) in [4.78, 5) is 10.4. The van der Waals surface area contributed by atoms with Gasteiger partial charge in [-0.25, -0.2) is 0 Å². The monoisotopic (exact) mass is 300 g/mol. The molecule has 0 fully saturated rings. The van der Waals surface area contributed by atoms with E-state index in [0.29, 0.717) is 24.6 Å². The SMILES string of the molecule is COc1cc(CNCC(C)(O)CSC)cc([N+](=O)[O-])c1. The summed E-state index contributed by atoms with van der Waals surface area (Å²) >= 11 is 1.57. The number of nitrogens with zero attached hydrogens (tertiary/aromatic N) is 1. The van der Waals surface area contributed by atoms with Crippen LogP contribution in [-0.2, 0) is 6.54 Å². The van der Waals surface area contributed by atoms with Crippen LogP contribution in [-0.4, -0.2) is 41.3 Å². The third kappa shape index (κ3) is 5.36. The van der Waals surface area contributed by atoms with Crippen molar-refractivity contribution in [1.29, 1.82) is 0 Å². The minimum Gasteiger partial charge on any atom is -0.496 e. The van der Waals surface area contributed by atoms with E-state index in [2.05, 4.69) is 5.32 Å². The highest BCUT2D eigenvalue weighted by molar-refractivity contribution is 7.98. The van der Waals surface area contributed by atoms with E-state index in [1.807, 2.05) is 6.26 Å². The number of non-ortho nitro benzene ring substituents is 1. The number of rotatable bonds is 8. The molecule has 1 aromatic rings. The summed E-state index contributed by atoms with van der Waals surface area (Å²) in [6.45, 7) is 2.60. The Morgan fingerprint density at radius 1 is 1.50 bits per heavy atom. The molecule has 0 aliphatic heterocycles. The van der Waals surface area contributed by atoms with Crippen LogP contribution < -0.4 is 10.1 Å². The highest BCUT2D eigenvalue weighted by Crippen LogP contribution is 2.22. The van der Waals surface area contributed by atoms with Gasteiger partial charge in [0.25, 0.3) is 5.69 Å². The van der Waals surface area contributed by atoms with Crippen molar-refractivity contribution in [3.05, 3.63) is 33.9 Å². The van der Waals surface area contributed by atoms with Crippen LogP contribution in [0.2, 0.25) is 0 Å². The van der Waals surface area contributed by atoms with Crippen LogP contribution in [0.5, 0.6) is 5.75 Å². The maximum atomic E-state index is 10.8. The van der Waals surface area contributed by atoms with Gasteiger partial charge in [0.05, 0.1) is 23.7 Å². The summed E-state index contributed by atoms with van der Waals surface area (Å²) in [5, 5.41) is 23.9. The number of nitro groups is 1. The fourth-order valence-corrected chi connectivity index (χ4v) is 2.53. The Morgan fingerprint density at radius 2 is 2.20 bits per heavy atom. The summed E-state index contributed by atoms with van der Waals surface area (Å²) < 4.78 is 5.05. The number of thioether (sulfide) groups is 1. The molecule has 20 heavy (non-hydrogen) atoms. The van der Waals surface area contributed by atoms with Crippen molar-refractivity contribution in [2.24, 2.45) is 0 Å². The molecule has 0 aliphatic rings. The van der Waals surface area contributed by atoms with Gasteiger partial charge in [0, 0.05) is 24.9 Å². The van der Waals surface area contributed by atoms with Crippen LogP contribution >= 0.6 is 11.8 Å².